The zero-order valence-corrected chi connectivity index (χ0v) is 33.4. The van der Waals surface area contributed by atoms with E-state index in [1.807, 2.05) is 77.9 Å². The van der Waals surface area contributed by atoms with E-state index in [1.54, 1.807) is 24.3 Å². The number of anilines is 6. The number of carbonyl (C=O) groups excluding carboxylic acids is 2. The van der Waals surface area contributed by atoms with Gasteiger partial charge in [-0.05, 0) is 128 Å². The Labute approximate surface area is 321 Å². The van der Waals surface area contributed by atoms with Crippen LogP contribution >= 0.6 is 0 Å². The molecule has 5 aromatic carbocycles. The molecule has 0 aliphatic rings. The molecule has 0 heterocycles. The third kappa shape index (κ3) is 9.06. The highest BCUT2D eigenvalue weighted by Gasteiger charge is 2.28. The molecule has 0 atom stereocenters. The standard InChI is InChI=1S/C41H44N4O8S2/c1-22-19-24(3)40(26(5)38(22)42-28(7)46)44-32-13-9-30(10-14-32)37(35-18-17-34(54(48,49)50)21-36(35)55(51,52)53)31-11-15-33(16-12-31)45-41-25(4)20-23(2)39(27(41)6)43-29(8)47/h9-21,37,44-45H,1-8H3,(H,42,46)(H,43,47)(H,48,49,50)(H,51,52,53). The Balaban J connectivity index is 1.60. The molecule has 5 aromatic rings. The summed E-state index contributed by atoms with van der Waals surface area (Å²) in [6.45, 7) is 14.5. The molecule has 6 N–H and O–H groups in total. The highest BCUT2D eigenvalue weighted by atomic mass is 32.2. The molecule has 288 valence electrons. The van der Waals surface area contributed by atoms with Gasteiger partial charge in [0.2, 0.25) is 11.8 Å². The van der Waals surface area contributed by atoms with Gasteiger partial charge in [0.25, 0.3) is 20.2 Å². The van der Waals surface area contributed by atoms with Crippen LogP contribution in [0.2, 0.25) is 0 Å². The first kappa shape index (κ1) is 40.6. The van der Waals surface area contributed by atoms with Crippen molar-refractivity contribution in [2.75, 3.05) is 21.3 Å². The molecule has 14 heteroatoms. The highest BCUT2D eigenvalue weighted by Crippen LogP contribution is 2.40. The quantitative estimate of drug-likeness (QED) is 0.0558. The van der Waals surface area contributed by atoms with Crippen LogP contribution in [0.15, 0.2) is 88.7 Å². The molecule has 12 nitrogen and oxygen atoms in total. The van der Waals surface area contributed by atoms with Crippen molar-refractivity contribution in [1.29, 1.82) is 0 Å². The lowest BCUT2D eigenvalue weighted by atomic mass is 9.85. The Hall–Kier alpha value is -5.54. The van der Waals surface area contributed by atoms with Gasteiger partial charge in [-0.3, -0.25) is 18.7 Å². The predicted octanol–water partition coefficient (Wildman–Crippen LogP) is 8.61. The lowest BCUT2D eigenvalue weighted by Gasteiger charge is -2.23. The molecule has 0 unspecified atom stereocenters. The summed E-state index contributed by atoms with van der Waals surface area (Å²) in [6, 6.07) is 21.4. The van der Waals surface area contributed by atoms with Crippen LogP contribution in [0.25, 0.3) is 0 Å². The van der Waals surface area contributed by atoms with E-state index in [-0.39, 0.29) is 17.4 Å². The van der Waals surface area contributed by atoms with Crippen LogP contribution in [0.3, 0.4) is 0 Å². The Morgan fingerprint density at radius 1 is 0.527 bits per heavy atom. The minimum atomic E-state index is -4.99. The monoisotopic (exact) mass is 784 g/mol. The van der Waals surface area contributed by atoms with Crippen molar-refractivity contribution < 1.29 is 35.5 Å². The SMILES string of the molecule is CC(=O)Nc1c(C)cc(C)c(Nc2ccc(C(c3ccc(Nc4c(C)cc(C)c(NC(C)=O)c4C)cc3)c3ccc(S(=O)(=O)O)cc3S(=O)(=O)O)cc2)c1C. The maximum Gasteiger partial charge on any atom is 0.294 e. The van der Waals surface area contributed by atoms with E-state index in [4.69, 9.17) is 0 Å². The Kier molecular flexibility index (Phi) is 11.6. The Bertz CT molecular complexity index is 2430. The summed E-state index contributed by atoms with van der Waals surface area (Å²) in [6.07, 6.45) is 0. The van der Waals surface area contributed by atoms with E-state index < -0.39 is 35.9 Å². The number of rotatable bonds is 11. The average molecular weight is 785 g/mol. The van der Waals surface area contributed by atoms with Crippen molar-refractivity contribution in [1.82, 2.24) is 0 Å². The number of benzene rings is 5. The van der Waals surface area contributed by atoms with Crippen LogP contribution in [0.5, 0.6) is 0 Å². The van der Waals surface area contributed by atoms with Crippen molar-refractivity contribution in [3.05, 3.63) is 129 Å². The lowest BCUT2D eigenvalue weighted by Crippen LogP contribution is -2.12. The minimum Gasteiger partial charge on any atom is -0.355 e. The predicted molar refractivity (Wildman–Crippen MR) is 216 cm³/mol. The van der Waals surface area contributed by atoms with E-state index in [0.717, 1.165) is 56.9 Å². The first-order valence-electron chi connectivity index (χ1n) is 17.2. The van der Waals surface area contributed by atoms with Crippen molar-refractivity contribution in [3.63, 3.8) is 0 Å². The fourth-order valence-corrected chi connectivity index (χ4v) is 8.33. The zero-order chi connectivity index (χ0) is 40.6. The van der Waals surface area contributed by atoms with E-state index >= 15 is 0 Å². The van der Waals surface area contributed by atoms with Crippen LogP contribution in [0.1, 0.15) is 69.8 Å². The molecular formula is C41H44N4O8S2. The van der Waals surface area contributed by atoms with E-state index in [2.05, 4.69) is 21.3 Å². The molecule has 0 saturated carbocycles. The third-order valence-electron chi connectivity index (χ3n) is 9.44. The largest absolute Gasteiger partial charge is 0.355 e. The van der Waals surface area contributed by atoms with E-state index in [9.17, 15) is 35.5 Å². The molecule has 0 aliphatic carbocycles. The number of amides is 2. The fourth-order valence-electron chi connectivity index (χ4n) is 6.99. The summed E-state index contributed by atoms with van der Waals surface area (Å²) in [5, 5.41) is 12.7. The zero-order valence-electron chi connectivity index (χ0n) is 31.7. The van der Waals surface area contributed by atoms with Crippen molar-refractivity contribution in [3.8, 4) is 0 Å². The molecule has 0 fully saturated rings. The highest BCUT2D eigenvalue weighted by molar-refractivity contribution is 7.86. The summed E-state index contributed by atoms with van der Waals surface area (Å²) < 4.78 is 69.6. The fraction of sp³-hybridized carbons (Fsp3) is 0.220. The van der Waals surface area contributed by atoms with Crippen LogP contribution in [-0.2, 0) is 29.8 Å². The second-order valence-corrected chi connectivity index (χ2v) is 16.5. The van der Waals surface area contributed by atoms with Crippen LogP contribution in [0.4, 0.5) is 34.1 Å². The number of hydrogen-bond acceptors (Lipinski definition) is 8. The number of hydrogen-bond donors (Lipinski definition) is 6. The number of carbonyl (C=O) groups is 2. The molecule has 0 bridgehead atoms. The van der Waals surface area contributed by atoms with Crippen molar-refractivity contribution in [2.24, 2.45) is 0 Å². The smallest absolute Gasteiger partial charge is 0.294 e. The van der Waals surface area contributed by atoms with E-state index in [0.29, 0.717) is 33.9 Å². The first-order chi connectivity index (χ1) is 25.6. The van der Waals surface area contributed by atoms with E-state index in [1.165, 1.54) is 19.9 Å². The molecule has 0 spiro atoms. The van der Waals surface area contributed by atoms with Crippen LogP contribution in [-0.4, -0.2) is 37.8 Å². The molecule has 55 heavy (non-hydrogen) atoms. The topological polar surface area (TPSA) is 191 Å². The maximum atomic E-state index is 12.8. The van der Waals surface area contributed by atoms with Gasteiger partial charge in [-0.25, -0.2) is 0 Å². The second-order valence-electron chi connectivity index (χ2n) is 13.7. The minimum absolute atomic E-state index is 0.0756. The molecule has 5 rings (SSSR count). The summed E-state index contributed by atoms with van der Waals surface area (Å²) >= 11 is 0. The summed E-state index contributed by atoms with van der Waals surface area (Å²) in [5.41, 5.74) is 11.2. The third-order valence-corrected chi connectivity index (χ3v) is 11.2. The summed E-state index contributed by atoms with van der Waals surface area (Å²) in [7, 11) is -9.79. The van der Waals surface area contributed by atoms with Gasteiger partial charge < -0.3 is 21.3 Å². The van der Waals surface area contributed by atoms with Gasteiger partial charge in [0, 0.05) is 53.9 Å². The summed E-state index contributed by atoms with van der Waals surface area (Å²) in [4.78, 5) is 22.4. The molecule has 0 radical (unpaired) electrons. The number of aryl methyl sites for hydroxylation is 4. The van der Waals surface area contributed by atoms with Gasteiger partial charge in [0.05, 0.1) is 9.79 Å². The molecule has 2 amide bonds. The van der Waals surface area contributed by atoms with Crippen LogP contribution in [0, 0.1) is 41.5 Å². The molecule has 0 aliphatic heterocycles. The Morgan fingerprint density at radius 3 is 1.25 bits per heavy atom. The molecule has 0 saturated heterocycles. The first-order valence-corrected chi connectivity index (χ1v) is 20.1. The van der Waals surface area contributed by atoms with Gasteiger partial charge in [-0.1, -0.05) is 42.5 Å². The van der Waals surface area contributed by atoms with Gasteiger partial charge in [0.15, 0.2) is 0 Å². The average Bonchev–Trinajstić information content (AvgIpc) is 3.09. The molecular weight excluding hydrogens is 741 g/mol. The van der Waals surface area contributed by atoms with Crippen LogP contribution < -0.4 is 21.3 Å². The number of nitrogens with one attached hydrogen (secondary N) is 4. The second kappa shape index (κ2) is 15.7. The normalized spacial score (nSPS) is 11.7. The van der Waals surface area contributed by atoms with Crippen molar-refractivity contribution in [2.45, 2.75) is 71.1 Å². The molecule has 0 aromatic heterocycles. The van der Waals surface area contributed by atoms with Gasteiger partial charge >= 0.3 is 0 Å². The van der Waals surface area contributed by atoms with Gasteiger partial charge in [0.1, 0.15) is 0 Å². The summed E-state index contributed by atoms with van der Waals surface area (Å²) in [5.74, 6) is -1.21. The van der Waals surface area contributed by atoms with Gasteiger partial charge in [-0.15, -0.1) is 0 Å². The maximum absolute atomic E-state index is 12.8. The van der Waals surface area contributed by atoms with Crippen molar-refractivity contribution >= 4 is 66.2 Å². The lowest BCUT2D eigenvalue weighted by molar-refractivity contribution is -0.115. The van der Waals surface area contributed by atoms with Gasteiger partial charge in [-0.2, -0.15) is 16.8 Å². The Morgan fingerprint density at radius 2 is 0.909 bits per heavy atom.